The van der Waals surface area contributed by atoms with Crippen molar-refractivity contribution in [2.45, 2.75) is 24.3 Å². The number of hydrogen-bond acceptors (Lipinski definition) is 3. The third kappa shape index (κ3) is 3.37. The summed E-state index contributed by atoms with van der Waals surface area (Å²) in [7, 11) is -3.74. The van der Waals surface area contributed by atoms with Gasteiger partial charge in [-0.3, -0.25) is 0 Å². The lowest BCUT2D eigenvalue weighted by Gasteiger charge is -2.13. The van der Waals surface area contributed by atoms with E-state index < -0.39 is 16.1 Å². The number of nitrogens with one attached hydrogen (secondary N) is 1. The first-order valence-electron chi connectivity index (χ1n) is 4.94. The minimum Gasteiger partial charge on any atom is -0.398 e. The molecule has 0 saturated carbocycles. The van der Waals surface area contributed by atoms with Crippen LogP contribution in [-0.2, 0) is 10.0 Å². The fraction of sp³-hybridized carbons (Fsp3) is 0.273. The van der Waals surface area contributed by atoms with Gasteiger partial charge in [-0.05, 0) is 24.6 Å². The van der Waals surface area contributed by atoms with Gasteiger partial charge in [0.2, 0.25) is 10.0 Å². The van der Waals surface area contributed by atoms with Gasteiger partial charge in [0.1, 0.15) is 4.90 Å². The quantitative estimate of drug-likeness (QED) is 0.646. The van der Waals surface area contributed by atoms with E-state index >= 15 is 0 Å². The summed E-state index contributed by atoms with van der Waals surface area (Å²) in [4.78, 5) is -0.0568. The van der Waals surface area contributed by atoms with Crippen molar-refractivity contribution in [2.24, 2.45) is 0 Å². The van der Waals surface area contributed by atoms with Crippen LogP contribution < -0.4 is 10.5 Å². The molecule has 0 fully saturated rings. The average molecular weight is 273 g/mol. The molecule has 0 aliphatic carbocycles. The van der Waals surface area contributed by atoms with Crippen LogP contribution in [0.5, 0.6) is 0 Å². The normalized spacial score (nSPS) is 13.0. The maximum Gasteiger partial charge on any atom is 0.243 e. The summed E-state index contributed by atoms with van der Waals surface area (Å²) < 4.78 is 26.4. The molecule has 6 heteroatoms. The number of halogens is 1. The van der Waals surface area contributed by atoms with Crippen LogP contribution >= 0.6 is 11.6 Å². The standard InChI is InChI=1S/C11H13ClN2O2S/c1-3-9(4-2)14-17(15,16)11-7-8(12)5-6-10(11)13/h1,5-7,9,14H,4,13H2,2H3. The van der Waals surface area contributed by atoms with E-state index in [4.69, 9.17) is 23.8 Å². The maximum atomic E-state index is 12.0. The summed E-state index contributed by atoms with van der Waals surface area (Å²) in [5, 5.41) is 0.299. The molecule has 0 amide bonds. The van der Waals surface area contributed by atoms with E-state index in [0.29, 0.717) is 11.4 Å². The molecule has 17 heavy (non-hydrogen) atoms. The molecule has 0 aromatic heterocycles. The number of sulfonamides is 1. The minimum atomic E-state index is -3.74. The first-order chi connectivity index (χ1) is 7.90. The van der Waals surface area contributed by atoms with Gasteiger partial charge in [-0.25, -0.2) is 8.42 Å². The molecule has 0 spiro atoms. The molecule has 3 N–H and O–H groups in total. The van der Waals surface area contributed by atoms with Crippen LogP contribution in [0, 0.1) is 12.3 Å². The molecular weight excluding hydrogens is 260 g/mol. The monoisotopic (exact) mass is 272 g/mol. The van der Waals surface area contributed by atoms with Gasteiger partial charge in [0, 0.05) is 5.02 Å². The van der Waals surface area contributed by atoms with Crippen LogP contribution in [-0.4, -0.2) is 14.5 Å². The van der Waals surface area contributed by atoms with Crippen molar-refractivity contribution >= 4 is 27.3 Å². The molecule has 4 nitrogen and oxygen atoms in total. The van der Waals surface area contributed by atoms with E-state index in [1.54, 1.807) is 6.92 Å². The van der Waals surface area contributed by atoms with Crippen LogP contribution in [0.3, 0.4) is 0 Å². The van der Waals surface area contributed by atoms with Gasteiger partial charge in [0.25, 0.3) is 0 Å². The minimum absolute atomic E-state index is 0.0568. The van der Waals surface area contributed by atoms with Crippen molar-refractivity contribution in [3.05, 3.63) is 23.2 Å². The predicted molar refractivity (Wildman–Crippen MR) is 69.1 cm³/mol. The SMILES string of the molecule is C#CC(CC)NS(=O)(=O)c1cc(Cl)ccc1N. The molecule has 1 rings (SSSR count). The largest absolute Gasteiger partial charge is 0.398 e. The van der Waals surface area contributed by atoms with Gasteiger partial charge < -0.3 is 5.73 Å². The van der Waals surface area contributed by atoms with E-state index in [1.807, 2.05) is 0 Å². The molecule has 0 aliphatic rings. The zero-order valence-electron chi connectivity index (χ0n) is 9.27. The summed E-state index contributed by atoms with van der Waals surface area (Å²) in [5.74, 6) is 2.35. The average Bonchev–Trinajstić information content (AvgIpc) is 2.29. The smallest absolute Gasteiger partial charge is 0.243 e. The molecular formula is C11H13ClN2O2S. The Bertz CT molecular complexity index is 549. The number of terminal acetylenes is 1. The Morgan fingerprint density at radius 2 is 2.24 bits per heavy atom. The molecule has 0 heterocycles. The van der Waals surface area contributed by atoms with E-state index in [0.717, 1.165) is 0 Å². The predicted octanol–water partition coefficient (Wildman–Crippen LogP) is 1.61. The second kappa shape index (κ2) is 5.41. The second-order valence-electron chi connectivity index (χ2n) is 3.43. The third-order valence-corrected chi connectivity index (χ3v) is 3.93. The zero-order valence-corrected chi connectivity index (χ0v) is 10.8. The van der Waals surface area contributed by atoms with Crippen LogP contribution in [0.1, 0.15) is 13.3 Å². The lowest BCUT2D eigenvalue weighted by Crippen LogP contribution is -2.33. The second-order valence-corrected chi connectivity index (χ2v) is 5.55. The van der Waals surface area contributed by atoms with E-state index in [9.17, 15) is 8.42 Å². The Labute approximate surface area is 106 Å². The first kappa shape index (κ1) is 13.8. The van der Waals surface area contributed by atoms with Gasteiger partial charge >= 0.3 is 0 Å². The Balaban J connectivity index is 3.14. The molecule has 1 unspecified atom stereocenters. The van der Waals surface area contributed by atoms with Crippen LogP contribution in [0.25, 0.3) is 0 Å². The Kier molecular flexibility index (Phi) is 4.40. The van der Waals surface area contributed by atoms with E-state index in [2.05, 4.69) is 10.6 Å². The number of hydrogen-bond donors (Lipinski definition) is 2. The lowest BCUT2D eigenvalue weighted by molar-refractivity contribution is 0.571. The van der Waals surface area contributed by atoms with Gasteiger partial charge in [0.05, 0.1) is 11.7 Å². The van der Waals surface area contributed by atoms with Crippen molar-refractivity contribution in [1.82, 2.24) is 4.72 Å². The number of anilines is 1. The van der Waals surface area contributed by atoms with Crippen LogP contribution in [0.15, 0.2) is 23.1 Å². The van der Waals surface area contributed by atoms with Crippen molar-refractivity contribution in [3.63, 3.8) is 0 Å². The molecule has 0 radical (unpaired) electrons. The summed E-state index contributed by atoms with van der Waals surface area (Å²) >= 11 is 5.74. The van der Waals surface area contributed by atoms with E-state index in [-0.39, 0.29) is 10.6 Å². The molecule has 0 bridgehead atoms. The molecule has 1 aromatic rings. The molecule has 0 aliphatic heterocycles. The van der Waals surface area contributed by atoms with Gasteiger partial charge in [0.15, 0.2) is 0 Å². The summed E-state index contributed by atoms with van der Waals surface area (Å²) in [5.41, 5.74) is 5.74. The summed E-state index contributed by atoms with van der Waals surface area (Å²) in [6.07, 6.45) is 5.70. The number of benzene rings is 1. The number of nitrogen functional groups attached to an aromatic ring is 1. The third-order valence-electron chi connectivity index (χ3n) is 2.17. The summed E-state index contributed by atoms with van der Waals surface area (Å²) in [6.45, 7) is 1.79. The van der Waals surface area contributed by atoms with Crippen molar-refractivity contribution in [3.8, 4) is 12.3 Å². The first-order valence-corrected chi connectivity index (χ1v) is 6.80. The van der Waals surface area contributed by atoms with E-state index in [1.165, 1.54) is 18.2 Å². The van der Waals surface area contributed by atoms with Crippen molar-refractivity contribution in [2.75, 3.05) is 5.73 Å². The van der Waals surface area contributed by atoms with Gasteiger partial charge in [-0.2, -0.15) is 4.72 Å². The summed E-state index contributed by atoms with van der Waals surface area (Å²) in [6, 6.07) is 3.70. The Morgan fingerprint density at radius 1 is 1.59 bits per heavy atom. The fourth-order valence-electron chi connectivity index (χ4n) is 1.23. The fourth-order valence-corrected chi connectivity index (χ4v) is 2.86. The van der Waals surface area contributed by atoms with Gasteiger partial charge in [-0.1, -0.05) is 24.4 Å². The highest BCUT2D eigenvalue weighted by atomic mass is 35.5. The Hall–Kier alpha value is -1.22. The highest BCUT2D eigenvalue weighted by molar-refractivity contribution is 7.89. The maximum absolute atomic E-state index is 12.0. The molecule has 92 valence electrons. The highest BCUT2D eigenvalue weighted by Gasteiger charge is 2.20. The number of nitrogens with two attached hydrogens (primary N) is 1. The number of rotatable bonds is 4. The molecule has 1 aromatic carbocycles. The Morgan fingerprint density at radius 3 is 2.76 bits per heavy atom. The highest BCUT2D eigenvalue weighted by Crippen LogP contribution is 2.22. The van der Waals surface area contributed by atoms with Crippen molar-refractivity contribution < 1.29 is 8.42 Å². The molecule has 0 saturated heterocycles. The molecule has 1 atom stereocenters. The zero-order chi connectivity index (χ0) is 13.1. The lowest BCUT2D eigenvalue weighted by atomic mass is 10.3. The topological polar surface area (TPSA) is 72.2 Å². The van der Waals surface area contributed by atoms with Gasteiger partial charge in [-0.15, -0.1) is 6.42 Å². The van der Waals surface area contributed by atoms with Crippen LogP contribution in [0.2, 0.25) is 5.02 Å². The van der Waals surface area contributed by atoms with Crippen molar-refractivity contribution in [1.29, 1.82) is 0 Å². The van der Waals surface area contributed by atoms with Crippen LogP contribution in [0.4, 0.5) is 5.69 Å².